The molecule has 0 aliphatic heterocycles. The molecule has 0 spiro atoms. The maximum absolute atomic E-state index is 14.2. The number of hydrogen-bond acceptors (Lipinski definition) is 4. The standard InChI is InChI=1S/C16H21ClFNO4S/c1-5-10(6-2)14(7-3)23-15-9-13(18)11(8-12(15)17)16(20)19-24(4,21)22/h7-10,14H,3,5-6H2,1-2,4H3,(H,19,20). The first kappa shape index (κ1) is 20.4. The molecular formula is C16H21ClFNO4S. The van der Waals surface area contributed by atoms with Crippen molar-refractivity contribution >= 4 is 27.5 Å². The third-order valence-corrected chi connectivity index (χ3v) is 4.40. The summed E-state index contributed by atoms with van der Waals surface area (Å²) >= 11 is 6.05. The Morgan fingerprint density at radius 1 is 1.42 bits per heavy atom. The van der Waals surface area contributed by atoms with E-state index in [9.17, 15) is 17.6 Å². The molecule has 1 aromatic rings. The van der Waals surface area contributed by atoms with E-state index >= 15 is 0 Å². The van der Waals surface area contributed by atoms with Gasteiger partial charge in [-0.2, -0.15) is 0 Å². The summed E-state index contributed by atoms with van der Waals surface area (Å²) in [6.45, 7) is 7.74. The second kappa shape index (κ2) is 8.48. The second-order valence-corrected chi connectivity index (χ2v) is 7.52. The summed E-state index contributed by atoms with van der Waals surface area (Å²) in [5.41, 5.74) is -0.476. The number of carbonyl (C=O) groups is 1. The summed E-state index contributed by atoms with van der Waals surface area (Å²) < 4.78 is 43.7. The van der Waals surface area contributed by atoms with E-state index in [0.29, 0.717) is 0 Å². The SMILES string of the molecule is C=CC(Oc1cc(F)c(C(=O)NS(C)(=O)=O)cc1Cl)C(CC)CC. The van der Waals surface area contributed by atoms with E-state index in [1.807, 2.05) is 13.8 Å². The molecule has 0 saturated carbocycles. The van der Waals surface area contributed by atoms with E-state index in [2.05, 4.69) is 6.58 Å². The minimum Gasteiger partial charge on any atom is -0.484 e. The maximum atomic E-state index is 14.2. The third kappa shape index (κ3) is 5.49. The van der Waals surface area contributed by atoms with E-state index in [4.69, 9.17) is 16.3 Å². The van der Waals surface area contributed by atoms with Crippen LogP contribution in [0.2, 0.25) is 5.02 Å². The van der Waals surface area contributed by atoms with Gasteiger partial charge in [-0.3, -0.25) is 4.79 Å². The molecular weight excluding hydrogens is 357 g/mol. The van der Waals surface area contributed by atoms with Crippen molar-refractivity contribution in [2.24, 2.45) is 5.92 Å². The zero-order chi connectivity index (χ0) is 18.5. The molecule has 0 aliphatic carbocycles. The smallest absolute Gasteiger partial charge is 0.267 e. The number of hydrogen-bond donors (Lipinski definition) is 1. The minimum atomic E-state index is -3.81. The molecule has 0 aromatic heterocycles. The second-order valence-electron chi connectivity index (χ2n) is 5.36. The van der Waals surface area contributed by atoms with Gasteiger partial charge in [0.05, 0.1) is 16.8 Å². The van der Waals surface area contributed by atoms with Gasteiger partial charge in [-0.25, -0.2) is 17.5 Å². The Kier molecular flexibility index (Phi) is 7.23. The van der Waals surface area contributed by atoms with Crippen molar-refractivity contribution < 1.29 is 22.3 Å². The summed E-state index contributed by atoms with van der Waals surface area (Å²) in [4.78, 5) is 11.8. The molecule has 1 N–H and O–H groups in total. The van der Waals surface area contributed by atoms with Crippen molar-refractivity contribution in [2.75, 3.05) is 6.26 Å². The zero-order valence-electron chi connectivity index (χ0n) is 13.8. The molecule has 1 aromatic carbocycles. The van der Waals surface area contributed by atoms with Crippen LogP contribution in [-0.4, -0.2) is 26.7 Å². The number of rotatable bonds is 8. The highest BCUT2D eigenvalue weighted by Gasteiger charge is 2.22. The van der Waals surface area contributed by atoms with Crippen LogP contribution in [0.15, 0.2) is 24.8 Å². The fourth-order valence-electron chi connectivity index (χ4n) is 2.25. The van der Waals surface area contributed by atoms with Crippen molar-refractivity contribution in [2.45, 2.75) is 32.8 Å². The summed E-state index contributed by atoms with van der Waals surface area (Å²) in [6, 6.07) is 2.01. The molecule has 1 rings (SSSR count). The van der Waals surface area contributed by atoms with Crippen molar-refractivity contribution in [3.63, 3.8) is 0 Å². The molecule has 0 heterocycles. The Bertz CT molecular complexity index is 717. The Labute approximate surface area is 146 Å². The average Bonchev–Trinajstić information content (AvgIpc) is 2.48. The average molecular weight is 378 g/mol. The van der Waals surface area contributed by atoms with Crippen molar-refractivity contribution in [3.8, 4) is 5.75 Å². The topological polar surface area (TPSA) is 72.5 Å². The first-order valence-corrected chi connectivity index (χ1v) is 9.70. The van der Waals surface area contributed by atoms with Gasteiger partial charge in [-0.1, -0.05) is 38.1 Å². The Hall–Kier alpha value is -1.60. The lowest BCUT2D eigenvalue weighted by molar-refractivity contribution is 0.0977. The van der Waals surface area contributed by atoms with Gasteiger partial charge in [0.1, 0.15) is 17.7 Å². The molecule has 0 aliphatic rings. The predicted octanol–water partition coefficient (Wildman–Crippen LogP) is 3.54. The summed E-state index contributed by atoms with van der Waals surface area (Å²) in [5, 5.41) is 0.00728. The normalized spacial score (nSPS) is 12.8. The van der Waals surface area contributed by atoms with Gasteiger partial charge in [0.25, 0.3) is 5.91 Å². The van der Waals surface area contributed by atoms with Gasteiger partial charge < -0.3 is 4.74 Å². The number of sulfonamides is 1. The van der Waals surface area contributed by atoms with Gasteiger partial charge in [-0.05, 0) is 24.8 Å². The Morgan fingerprint density at radius 2 is 2.00 bits per heavy atom. The first-order valence-electron chi connectivity index (χ1n) is 7.43. The number of benzene rings is 1. The number of ether oxygens (including phenoxy) is 1. The lowest BCUT2D eigenvalue weighted by atomic mass is 9.96. The Morgan fingerprint density at radius 3 is 2.46 bits per heavy atom. The largest absolute Gasteiger partial charge is 0.484 e. The molecule has 1 amide bonds. The van der Waals surface area contributed by atoms with Gasteiger partial charge in [-0.15, -0.1) is 0 Å². The van der Waals surface area contributed by atoms with E-state index in [1.54, 1.807) is 10.8 Å². The lowest BCUT2D eigenvalue weighted by Gasteiger charge is -2.24. The fourth-order valence-corrected chi connectivity index (χ4v) is 2.91. The van der Waals surface area contributed by atoms with Gasteiger partial charge in [0.2, 0.25) is 10.0 Å². The van der Waals surface area contributed by atoms with Gasteiger partial charge >= 0.3 is 0 Å². The third-order valence-electron chi connectivity index (χ3n) is 3.55. The molecule has 0 radical (unpaired) electrons. The van der Waals surface area contributed by atoms with Crippen molar-refractivity contribution in [3.05, 3.63) is 41.2 Å². The number of nitrogens with one attached hydrogen (secondary N) is 1. The highest BCUT2D eigenvalue weighted by molar-refractivity contribution is 7.89. The van der Waals surface area contributed by atoms with Crippen LogP contribution in [-0.2, 0) is 10.0 Å². The Balaban J connectivity index is 3.11. The predicted molar refractivity (Wildman–Crippen MR) is 92.4 cm³/mol. The summed E-state index contributed by atoms with van der Waals surface area (Å²) in [7, 11) is -3.81. The van der Waals surface area contributed by atoms with Crippen molar-refractivity contribution in [1.82, 2.24) is 4.72 Å². The highest BCUT2D eigenvalue weighted by Crippen LogP contribution is 2.31. The quantitative estimate of drug-likeness (QED) is 0.703. The van der Waals surface area contributed by atoms with Crippen LogP contribution in [0, 0.1) is 11.7 Å². The molecule has 5 nitrogen and oxygen atoms in total. The first-order chi connectivity index (χ1) is 11.1. The number of amides is 1. The molecule has 1 atom stereocenters. The van der Waals surface area contributed by atoms with Crippen LogP contribution in [0.3, 0.4) is 0 Å². The molecule has 0 bridgehead atoms. The van der Waals surface area contributed by atoms with Crippen LogP contribution in [0.25, 0.3) is 0 Å². The zero-order valence-corrected chi connectivity index (χ0v) is 15.4. The fraction of sp³-hybridized carbons (Fsp3) is 0.438. The number of halogens is 2. The molecule has 0 fully saturated rings. The maximum Gasteiger partial charge on any atom is 0.267 e. The van der Waals surface area contributed by atoms with Crippen LogP contribution < -0.4 is 9.46 Å². The molecule has 134 valence electrons. The molecule has 24 heavy (non-hydrogen) atoms. The van der Waals surface area contributed by atoms with E-state index in [1.165, 1.54) is 0 Å². The van der Waals surface area contributed by atoms with Crippen LogP contribution in [0.5, 0.6) is 5.75 Å². The summed E-state index contributed by atoms with van der Waals surface area (Å²) in [5.74, 6) is -1.76. The van der Waals surface area contributed by atoms with E-state index < -0.39 is 27.3 Å². The van der Waals surface area contributed by atoms with Crippen molar-refractivity contribution in [1.29, 1.82) is 0 Å². The van der Waals surface area contributed by atoms with Crippen LogP contribution in [0.1, 0.15) is 37.0 Å². The van der Waals surface area contributed by atoms with Gasteiger partial charge in [0.15, 0.2) is 0 Å². The summed E-state index contributed by atoms with van der Waals surface area (Å²) in [6.07, 6.45) is 3.76. The minimum absolute atomic E-state index is 0.00728. The van der Waals surface area contributed by atoms with Crippen LogP contribution in [0.4, 0.5) is 4.39 Å². The highest BCUT2D eigenvalue weighted by atomic mass is 35.5. The molecule has 8 heteroatoms. The van der Waals surface area contributed by atoms with E-state index in [-0.39, 0.29) is 22.8 Å². The molecule has 1 unspecified atom stereocenters. The molecule has 0 saturated heterocycles. The monoisotopic (exact) mass is 377 g/mol. The lowest BCUT2D eigenvalue weighted by Crippen LogP contribution is -2.30. The number of carbonyl (C=O) groups excluding carboxylic acids is 1. The van der Waals surface area contributed by atoms with Crippen LogP contribution >= 0.6 is 11.6 Å². The van der Waals surface area contributed by atoms with Gasteiger partial charge in [0, 0.05) is 6.07 Å². The van der Waals surface area contributed by atoms with E-state index in [0.717, 1.165) is 31.2 Å².